The van der Waals surface area contributed by atoms with Crippen LogP contribution in [0.15, 0.2) is 30.6 Å². The third kappa shape index (κ3) is 4.54. The molecule has 2 fully saturated rings. The maximum atomic E-state index is 12.9. The first-order valence-electron chi connectivity index (χ1n) is 10.1. The number of carbonyl (C=O) groups is 1. The van der Waals surface area contributed by atoms with E-state index in [2.05, 4.69) is 19.9 Å². The second-order valence-electron chi connectivity index (χ2n) is 7.59. The highest BCUT2D eigenvalue weighted by Gasteiger charge is 2.40. The van der Waals surface area contributed by atoms with Crippen LogP contribution in [0.2, 0.25) is 0 Å². The molecule has 0 unspecified atom stereocenters. The number of piperidine rings is 1. The summed E-state index contributed by atoms with van der Waals surface area (Å²) in [4.78, 5) is 29.8. The number of carbonyl (C=O) groups excluding carboxylic acids is 1. The van der Waals surface area contributed by atoms with Crippen molar-refractivity contribution in [3.63, 3.8) is 0 Å². The van der Waals surface area contributed by atoms with Crippen molar-refractivity contribution in [2.75, 3.05) is 44.8 Å². The zero-order chi connectivity index (χ0) is 20.3. The molecule has 0 aromatic carbocycles. The Bertz CT molecular complexity index is 845. The van der Waals surface area contributed by atoms with E-state index in [0.29, 0.717) is 31.3 Å². The van der Waals surface area contributed by atoms with Gasteiger partial charge in [0, 0.05) is 58.0 Å². The quantitative estimate of drug-likeness (QED) is 0.761. The number of ether oxygens (including phenoxy) is 2. The summed E-state index contributed by atoms with van der Waals surface area (Å²) >= 11 is 0. The second-order valence-corrected chi connectivity index (χ2v) is 7.59. The summed E-state index contributed by atoms with van der Waals surface area (Å²) < 4.78 is 11.6. The molecule has 154 valence electrons. The lowest BCUT2D eigenvalue weighted by molar-refractivity contribution is -0.169. The Morgan fingerprint density at radius 3 is 2.55 bits per heavy atom. The lowest BCUT2D eigenvalue weighted by atomic mass is 10.0. The van der Waals surface area contributed by atoms with Crippen LogP contribution in [0.4, 0.5) is 5.82 Å². The minimum absolute atomic E-state index is 0.0956. The summed E-state index contributed by atoms with van der Waals surface area (Å²) in [5.74, 6) is 0.865. The van der Waals surface area contributed by atoms with Gasteiger partial charge in [0.05, 0.1) is 13.2 Å². The highest BCUT2D eigenvalue weighted by molar-refractivity contribution is 5.92. The molecule has 0 atom stereocenters. The van der Waals surface area contributed by atoms with Crippen LogP contribution in [0.25, 0.3) is 0 Å². The van der Waals surface area contributed by atoms with Crippen molar-refractivity contribution in [3.05, 3.63) is 47.7 Å². The molecule has 2 aliphatic heterocycles. The lowest BCUT2D eigenvalue weighted by Gasteiger charge is -2.38. The van der Waals surface area contributed by atoms with Crippen molar-refractivity contribution in [1.29, 1.82) is 0 Å². The zero-order valence-corrected chi connectivity index (χ0v) is 17.0. The topological polar surface area (TPSA) is 80.7 Å². The van der Waals surface area contributed by atoms with Gasteiger partial charge in [-0.1, -0.05) is 0 Å². The summed E-state index contributed by atoms with van der Waals surface area (Å²) in [6.07, 6.45) is 5.90. The van der Waals surface area contributed by atoms with E-state index in [1.165, 1.54) is 0 Å². The molecule has 8 heteroatoms. The van der Waals surface area contributed by atoms with Gasteiger partial charge in [-0.25, -0.2) is 9.97 Å². The van der Waals surface area contributed by atoms with Gasteiger partial charge in [0.15, 0.2) is 5.79 Å². The van der Waals surface area contributed by atoms with E-state index >= 15 is 0 Å². The van der Waals surface area contributed by atoms with Crippen LogP contribution in [-0.4, -0.2) is 71.4 Å². The van der Waals surface area contributed by atoms with E-state index in [1.54, 1.807) is 30.4 Å². The fourth-order valence-electron chi connectivity index (χ4n) is 3.83. The summed E-state index contributed by atoms with van der Waals surface area (Å²) in [6.45, 7) is 5.33. The van der Waals surface area contributed by atoms with Gasteiger partial charge in [0.1, 0.15) is 17.3 Å². The van der Waals surface area contributed by atoms with Crippen molar-refractivity contribution in [3.8, 4) is 0 Å². The summed E-state index contributed by atoms with van der Waals surface area (Å²) in [5.41, 5.74) is 1.58. The van der Waals surface area contributed by atoms with Crippen LogP contribution in [0.3, 0.4) is 0 Å². The maximum absolute atomic E-state index is 12.9. The number of hydrogen-bond donors (Lipinski definition) is 0. The third-order valence-corrected chi connectivity index (χ3v) is 5.54. The Balaban J connectivity index is 1.41. The van der Waals surface area contributed by atoms with Crippen LogP contribution >= 0.6 is 0 Å². The van der Waals surface area contributed by atoms with Gasteiger partial charge in [-0.2, -0.15) is 0 Å². The van der Waals surface area contributed by atoms with Crippen molar-refractivity contribution >= 4 is 11.7 Å². The predicted octanol–water partition coefficient (Wildman–Crippen LogP) is 1.84. The average molecular weight is 397 g/mol. The molecule has 1 spiro atoms. The Hall–Kier alpha value is -2.58. The van der Waals surface area contributed by atoms with Crippen LogP contribution in [0.1, 0.15) is 34.7 Å². The number of anilines is 1. The molecule has 2 aromatic rings. The van der Waals surface area contributed by atoms with Gasteiger partial charge in [-0.3, -0.25) is 9.78 Å². The zero-order valence-electron chi connectivity index (χ0n) is 17.0. The number of nitrogens with zero attached hydrogens (tertiary/aromatic N) is 5. The van der Waals surface area contributed by atoms with Gasteiger partial charge in [-0.05, 0) is 31.0 Å². The molecule has 0 radical (unpaired) electrons. The SMILES string of the molecule is Cc1nc(C(=O)N(C)CCc2ccncc2)cc(N2CCC3(CC2)OCCO3)n1. The molecular weight excluding hydrogens is 370 g/mol. The molecule has 0 saturated carbocycles. The second kappa shape index (κ2) is 8.42. The first-order chi connectivity index (χ1) is 14.0. The molecular formula is C21H27N5O3. The number of likely N-dealkylation sites (N-methyl/N-ethyl adjacent to an activating group) is 1. The van der Waals surface area contributed by atoms with E-state index in [-0.39, 0.29) is 5.91 Å². The Morgan fingerprint density at radius 1 is 1.17 bits per heavy atom. The van der Waals surface area contributed by atoms with E-state index in [0.717, 1.165) is 43.7 Å². The van der Waals surface area contributed by atoms with E-state index < -0.39 is 5.79 Å². The highest BCUT2D eigenvalue weighted by Crippen LogP contribution is 2.32. The fourth-order valence-corrected chi connectivity index (χ4v) is 3.83. The maximum Gasteiger partial charge on any atom is 0.272 e. The number of rotatable bonds is 5. The minimum Gasteiger partial charge on any atom is -0.356 e. The van der Waals surface area contributed by atoms with E-state index in [1.807, 2.05) is 19.1 Å². The monoisotopic (exact) mass is 397 g/mol. The van der Waals surface area contributed by atoms with Crippen LogP contribution < -0.4 is 4.90 Å². The molecule has 8 nitrogen and oxygen atoms in total. The molecule has 2 saturated heterocycles. The average Bonchev–Trinajstić information content (AvgIpc) is 3.20. The molecule has 2 aliphatic rings. The largest absolute Gasteiger partial charge is 0.356 e. The molecule has 1 amide bonds. The molecule has 0 N–H and O–H groups in total. The van der Waals surface area contributed by atoms with Crippen molar-refractivity contribution in [1.82, 2.24) is 19.9 Å². The normalized spacial score (nSPS) is 18.2. The Morgan fingerprint density at radius 2 is 1.86 bits per heavy atom. The molecule has 2 aromatic heterocycles. The van der Waals surface area contributed by atoms with E-state index in [4.69, 9.17) is 9.47 Å². The highest BCUT2D eigenvalue weighted by atomic mass is 16.7. The first kappa shape index (κ1) is 19.7. The molecule has 4 rings (SSSR count). The van der Waals surface area contributed by atoms with Gasteiger partial charge in [-0.15, -0.1) is 0 Å². The predicted molar refractivity (Wildman–Crippen MR) is 108 cm³/mol. The van der Waals surface area contributed by atoms with Gasteiger partial charge in [0.25, 0.3) is 5.91 Å². The molecule has 4 heterocycles. The third-order valence-electron chi connectivity index (χ3n) is 5.54. The minimum atomic E-state index is -0.426. The van der Waals surface area contributed by atoms with Crippen molar-refractivity contribution < 1.29 is 14.3 Å². The summed E-state index contributed by atoms with van der Waals surface area (Å²) in [6, 6.07) is 5.73. The number of pyridine rings is 1. The van der Waals surface area contributed by atoms with Gasteiger partial charge < -0.3 is 19.3 Å². The van der Waals surface area contributed by atoms with Crippen molar-refractivity contribution in [2.45, 2.75) is 32.0 Å². The summed E-state index contributed by atoms with van der Waals surface area (Å²) in [7, 11) is 1.81. The van der Waals surface area contributed by atoms with Crippen LogP contribution in [0.5, 0.6) is 0 Å². The Labute approximate surface area is 170 Å². The fraction of sp³-hybridized carbons (Fsp3) is 0.524. The smallest absolute Gasteiger partial charge is 0.272 e. The molecule has 0 bridgehead atoms. The van der Waals surface area contributed by atoms with Crippen LogP contribution in [-0.2, 0) is 15.9 Å². The standard InChI is InChI=1S/C21H27N5O3/c1-16-23-18(20(27)25(2)10-5-17-3-8-22-9-4-17)15-19(24-16)26-11-6-21(7-12-26)28-13-14-29-21/h3-4,8-9,15H,5-7,10-14H2,1-2H3. The number of amides is 1. The van der Waals surface area contributed by atoms with E-state index in [9.17, 15) is 4.79 Å². The van der Waals surface area contributed by atoms with Gasteiger partial charge in [0.2, 0.25) is 0 Å². The lowest BCUT2D eigenvalue weighted by Crippen LogP contribution is -2.45. The number of hydrogen-bond acceptors (Lipinski definition) is 7. The van der Waals surface area contributed by atoms with Gasteiger partial charge >= 0.3 is 0 Å². The number of aryl methyl sites for hydroxylation is 1. The molecule has 0 aliphatic carbocycles. The van der Waals surface area contributed by atoms with Crippen molar-refractivity contribution in [2.24, 2.45) is 0 Å². The Kier molecular flexibility index (Phi) is 5.73. The number of aromatic nitrogens is 3. The van der Waals surface area contributed by atoms with Crippen LogP contribution in [0, 0.1) is 6.92 Å². The summed E-state index contributed by atoms with van der Waals surface area (Å²) in [5, 5.41) is 0. The molecule has 29 heavy (non-hydrogen) atoms. The first-order valence-corrected chi connectivity index (χ1v) is 10.1.